The average Bonchev–Trinajstić information content (AvgIpc) is 2.52. The lowest BCUT2D eigenvalue weighted by atomic mass is 10.1. The van der Waals surface area contributed by atoms with Crippen molar-refractivity contribution in [1.29, 1.82) is 0 Å². The van der Waals surface area contributed by atoms with Crippen molar-refractivity contribution in [3.63, 3.8) is 0 Å². The van der Waals surface area contributed by atoms with Crippen molar-refractivity contribution in [2.45, 2.75) is 13.5 Å². The van der Waals surface area contributed by atoms with Gasteiger partial charge in [0.1, 0.15) is 18.2 Å². The van der Waals surface area contributed by atoms with Crippen LogP contribution in [0.4, 0.5) is 5.82 Å². The molecule has 0 atom stereocenters. The van der Waals surface area contributed by atoms with Gasteiger partial charge in [-0.1, -0.05) is 0 Å². The normalized spacial score (nSPS) is 10.3. The van der Waals surface area contributed by atoms with Crippen LogP contribution in [0.5, 0.6) is 5.75 Å². The minimum absolute atomic E-state index is 0.412. The summed E-state index contributed by atoms with van der Waals surface area (Å²) in [6, 6.07) is 9.70. The molecule has 2 aromatic rings. The Morgan fingerprint density at radius 1 is 1.15 bits per heavy atom. The molecule has 20 heavy (non-hydrogen) atoms. The number of aromatic nitrogens is 2. The summed E-state index contributed by atoms with van der Waals surface area (Å²) in [6.07, 6.45) is 0. The second-order valence-corrected chi connectivity index (χ2v) is 4.17. The highest BCUT2D eigenvalue weighted by atomic mass is 16.5. The summed E-state index contributed by atoms with van der Waals surface area (Å²) in [6.45, 7) is 3.01. The number of benzene rings is 1. The Labute approximate surface area is 119 Å². The van der Waals surface area contributed by atoms with Crippen molar-refractivity contribution in [2.24, 2.45) is 0 Å². The second-order valence-electron chi connectivity index (χ2n) is 4.17. The molecule has 0 radical (unpaired) electrons. The number of hydrogen-bond donors (Lipinski definition) is 1. The standard InChI is InChI=1S/C15H19N3O2/c1-4-20-10-15-17-13(9-14(16-2)18-15)11-5-7-12(19-3)8-6-11/h5-9H,4,10H2,1-3H3,(H,16,17,18). The maximum Gasteiger partial charge on any atom is 0.157 e. The van der Waals surface area contributed by atoms with Crippen LogP contribution in [-0.2, 0) is 11.3 Å². The predicted octanol–water partition coefficient (Wildman–Crippen LogP) is 2.73. The Kier molecular flexibility index (Phi) is 4.90. The lowest BCUT2D eigenvalue weighted by Gasteiger charge is -2.08. The van der Waals surface area contributed by atoms with E-state index in [1.54, 1.807) is 7.11 Å². The molecule has 0 saturated heterocycles. The van der Waals surface area contributed by atoms with E-state index in [1.165, 1.54) is 0 Å². The second kappa shape index (κ2) is 6.86. The molecular weight excluding hydrogens is 254 g/mol. The summed E-state index contributed by atoms with van der Waals surface area (Å²) in [5.74, 6) is 2.27. The smallest absolute Gasteiger partial charge is 0.157 e. The first-order valence-corrected chi connectivity index (χ1v) is 6.54. The largest absolute Gasteiger partial charge is 0.497 e. The monoisotopic (exact) mass is 273 g/mol. The van der Waals surface area contributed by atoms with E-state index in [1.807, 2.05) is 44.3 Å². The maximum absolute atomic E-state index is 5.37. The number of methoxy groups -OCH3 is 1. The van der Waals surface area contributed by atoms with Gasteiger partial charge in [-0.05, 0) is 31.2 Å². The van der Waals surface area contributed by atoms with Gasteiger partial charge in [0, 0.05) is 25.3 Å². The van der Waals surface area contributed by atoms with Crippen LogP contribution < -0.4 is 10.1 Å². The highest BCUT2D eigenvalue weighted by Gasteiger charge is 2.06. The topological polar surface area (TPSA) is 56.3 Å². The molecule has 0 bridgehead atoms. The Morgan fingerprint density at radius 3 is 2.50 bits per heavy atom. The van der Waals surface area contributed by atoms with E-state index < -0.39 is 0 Å². The van der Waals surface area contributed by atoms with Gasteiger partial charge in [-0.15, -0.1) is 0 Å². The third kappa shape index (κ3) is 3.45. The summed E-state index contributed by atoms with van der Waals surface area (Å²) in [5, 5.41) is 3.05. The fraction of sp³-hybridized carbons (Fsp3) is 0.333. The van der Waals surface area contributed by atoms with E-state index in [-0.39, 0.29) is 0 Å². The number of nitrogens with zero attached hydrogens (tertiary/aromatic N) is 2. The van der Waals surface area contributed by atoms with Crippen LogP contribution in [0, 0.1) is 0 Å². The Balaban J connectivity index is 2.33. The highest BCUT2D eigenvalue weighted by molar-refractivity contribution is 5.63. The average molecular weight is 273 g/mol. The lowest BCUT2D eigenvalue weighted by molar-refractivity contribution is 0.128. The molecule has 0 aliphatic heterocycles. The Morgan fingerprint density at radius 2 is 1.90 bits per heavy atom. The molecule has 0 amide bonds. The van der Waals surface area contributed by atoms with Gasteiger partial charge in [0.25, 0.3) is 0 Å². The lowest BCUT2D eigenvalue weighted by Crippen LogP contribution is -2.03. The highest BCUT2D eigenvalue weighted by Crippen LogP contribution is 2.22. The first-order chi connectivity index (χ1) is 9.76. The van der Waals surface area contributed by atoms with E-state index in [0.29, 0.717) is 19.0 Å². The van der Waals surface area contributed by atoms with E-state index in [9.17, 15) is 0 Å². The van der Waals surface area contributed by atoms with Crippen molar-refractivity contribution in [3.05, 3.63) is 36.2 Å². The fourth-order valence-electron chi connectivity index (χ4n) is 1.79. The molecule has 1 N–H and O–H groups in total. The van der Waals surface area contributed by atoms with E-state index >= 15 is 0 Å². The number of hydrogen-bond acceptors (Lipinski definition) is 5. The van der Waals surface area contributed by atoms with E-state index in [0.717, 1.165) is 22.8 Å². The number of nitrogens with one attached hydrogen (secondary N) is 1. The molecule has 0 spiro atoms. The molecule has 106 valence electrons. The van der Waals surface area contributed by atoms with Crippen molar-refractivity contribution in [1.82, 2.24) is 9.97 Å². The van der Waals surface area contributed by atoms with E-state index in [2.05, 4.69) is 15.3 Å². The van der Waals surface area contributed by atoms with Gasteiger partial charge >= 0.3 is 0 Å². The van der Waals surface area contributed by atoms with Crippen LogP contribution in [0.15, 0.2) is 30.3 Å². The zero-order chi connectivity index (χ0) is 14.4. The molecule has 5 nitrogen and oxygen atoms in total. The number of anilines is 1. The van der Waals surface area contributed by atoms with Crippen LogP contribution in [0.1, 0.15) is 12.7 Å². The molecule has 2 rings (SSSR count). The Hall–Kier alpha value is -2.14. The summed E-state index contributed by atoms with van der Waals surface area (Å²) in [7, 11) is 3.49. The first-order valence-electron chi connectivity index (χ1n) is 6.54. The minimum atomic E-state index is 0.412. The Bertz CT molecular complexity index is 556. The van der Waals surface area contributed by atoms with Crippen LogP contribution in [0.2, 0.25) is 0 Å². The SMILES string of the molecule is CCOCc1nc(NC)cc(-c2ccc(OC)cc2)n1. The molecule has 0 saturated carbocycles. The first kappa shape index (κ1) is 14.3. The minimum Gasteiger partial charge on any atom is -0.497 e. The molecule has 1 aromatic heterocycles. The fourth-order valence-corrected chi connectivity index (χ4v) is 1.79. The number of rotatable bonds is 6. The zero-order valence-corrected chi connectivity index (χ0v) is 12.0. The van der Waals surface area contributed by atoms with Crippen LogP contribution in [0.25, 0.3) is 11.3 Å². The van der Waals surface area contributed by atoms with Crippen molar-refractivity contribution in [3.8, 4) is 17.0 Å². The maximum atomic E-state index is 5.37. The van der Waals surface area contributed by atoms with Gasteiger partial charge in [-0.25, -0.2) is 9.97 Å². The van der Waals surface area contributed by atoms with Crippen LogP contribution >= 0.6 is 0 Å². The van der Waals surface area contributed by atoms with Crippen molar-refractivity contribution >= 4 is 5.82 Å². The third-order valence-corrected chi connectivity index (χ3v) is 2.85. The number of ether oxygens (including phenoxy) is 2. The van der Waals surface area contributed by atoms with Crippen LogP contribution in [-0.4, -0.2) is 30.7 Å². The van der Waals surface area contributed by atoms with Crippen molar-refractivity contribution < 1.29 is 9.47 Å². The van der Waals surface area contributed by atoms with E-state index in [4.69, 9.17) is 9.47 Å². The molecule has 0 unspecified atom stereocenters. The zero-order valence-electron chi connectivity index (χ0n) is 12.0. The summed E-state index contributed by atoms with van der Waals surface area (Å²) in [5.41, 5.74) is 1.88. The molecule has 5 heteroatoms. The quantitative estimate of drug-likeness (QED) is 0.877. The predicted molar refractivity (Wildman–Crippen MR) is 78.9 cm³/mol. The molecule has 0 aliphatic carbocycles. The van der Waals surface area contributed by atoms with Gasteiger partial charge in [-0.2, -0.15) is 0 Å². The van der Waals surface area contributed by atoms with Gasteiger partial charge in [0.05, 0.1) is 12.8 Å². The van der Waals surface area contributed by atoms with Gasteiger partial charge in [0.2, 0.25) is 0 Å². The van der Waals surface area contributed by atoms with Gasteiger partial charge < -0.3 is 14.8 Å². The molecule has 0 fully saturated rings. The molecule has 1 heterocycles. The van der Waals surface area contributed by atoms with Crippen LogP contribution in [0.3, 0.4) is 0 Å². The third-order valence-electron chi connectivity index (χ3n) is 2.85. The molecular formula is C15H19N3O2. The molecule has 1 aromatic carbocycles. The van der Waals surface area contributed by atoms with Gasteiger partial charge in [0.15, 0.2) is 5.82 Å². The summed E-state index contributed by atoms with van der Waals surface area (Å²) in [4.78, 5) is 8.90. The summed E-state index contributed by atoms with van der Waals surface area (Å²) < 4.78 is 10.5. The van der Waals surface area contributed by atoms with Crippen molar-refractivity contribution in [2.75, 3.05) is 26.1 Å². The molecule has 0 aliphatic rings. The van der Waals surface area contributed by atoms with Gasteiger partial charge in [-0.3, -0.25) is 0 Å². The summed E-state index contributed by atoms with van der Waals surface area (Å²) >= 11 is 0.